The molecule has 0 saturated carbocycles. The van der Waals surface area contributed by atoms with Crippen molar-refractivity contribution < 1.29 is 31.1 Å². The van der Waals surface area contributed by atoms with Crippen molar-refractivity contribution in [3.63, 3.8) is 0 Å². The molecule has 4 rings (SSSR count). The lowest BCUT2D eigenvalue weighted by Crippen LogP contribution is -2.17. The van der Waals surface area contributed by atoms with Gasteiger partial charge in [0, 0.05) is 18.7 Å². The van der Waals surface area contributed by atoms with E-state index in [-0.39, 0.29) is 17.2 Å². The van der Waals surface area contributed by atoms with Crippen molar-refractivity contribution >= 4 is 11.5 Å². The highest BCUT2D eigenvalue weighted by atomic mass is 19.4. The average Bonchev–Trinajstić information content (AvgIpc) is 3.09. The zero-order valence-corrected chi connectivity index (χ0v) is 15.8. The molecule has 1 aliphatic heterocycles. The number of ether oxygens (including phenoxy) is 1. The van der Waals surface area contributed by atoms with Gasteiger partial charge in [0.1, 0.15) is 28.8 Å². The topological polar surface area (TPSA) is 64.9 Å². The number of aryl methyl sites for hydroxylation is 1. The van der Waals surface area contributed by atoms with Crippen LogP contribution in [0.15, 0.2) is 36.7 Å². The molecule has 0 unspecified atom stereocenters. The second-order valence-corrected chi connectivity index (χ2v) is 6.82. The number of halogens is 6. The molecule has 0 radical (unpaired) electrons. The second-order valence-electron chi connectivity index (χ2n) is 6.82. The van der Waals surface area contributed by atoms with Crippen LogP contribution in [0.1, 0.15) is 24.4 Å². The Morgan fingerprint density at radius 2 is 1.68 bits per heavy atom. The lowest BCUT2D eigenvalue weighted by atomic mass is 10.1. The molecule has 2 aromatic heterocycles. The molecule has 12 heteroatoms. The van der Waals surface area contributed by atoms with Crippen molar-refractivity contribution in [2.45, 2.75) is 38.3 Å². The molecule has 0 bridgehead atoms. The van der Waals surface area contributed by atoms with Crippen molar-refractivity contribution in [2.24, 2.45) is 0 Å². The third kappa shape index (κ3) is 4.72. The molecule has 1 aliphatic rings. The molecule has 1 aromatic carbocycles. The van der Waals surface area contributed by atoms with Crippen molar-refractivity contribution in [3.8, 4) is 17.1 Å². The number of alkyl halides is 6. The number of benzene rings is 1. The SMILES string of the molecule is FC(F)(F)Oc1ccc(Nc2cncc(-c3c(C(F)(F)F)nc4n3CCCC4)n2)cc1. The minimum Gasteiger partial charge on any atom is -0.406 e. The predicted octanol–water partition coefficient (Wildman–Crippen LogP) is 5.34. The highest BCUT2D eigenvalue weighted by molar-refractivity contribution is 5.63. The molecular weight excluding hydrogens is 428 g/mol. The number of hydrogen-bond acceptors (Lipinski definition) is 5. The van der Waals surface area contributed by atoms with Gasteiger partial charge in [-0.3, -0.25) is 4.98 Å². The van der Waals surface area contributed by atoms with Crippen LogP contribution in [0.5, 0.6) is 5.75 Å². The van der Waals surface area contributed by atoms with E-state index in [1.54, 1.807) is 0 Å². The van der Waals surface area contributed by atoms with Gasteiger partial charge in [-0.25, -0.2) is 9.97 Å². The van der Waals surface area contributed by atoms with Crippen LogP contribution in [-0.2, 0) is 19.1 Å². The maximum atomic E-state index is 13.6. The maximum absolute atomic E-state index is 13.6. The van der Waals surface area contributed by atoms with Crippen LogP contribution in [0.3, 0.4) is 0 Å². The monoisotopic (exact) mass is 443 g/mol. The smallest absolute Gasteiger partial charge is 0.406 e. The van der Waals surface area contributed by atoms with Crippen LogP contribution in [0.25, 0.3) is 11.4 Å². The van der Waals surface area contributed by atoms with E-state index in [1.807, 2.05) is 0 Å². The summed E-state index contributed by atoms with van der Waals surface area (Å²) >= 11 is 0. The largest absolute Gasteiger partial charge is 0.573 e. The highest BCUT2D eigenvalue weighted by Crippen LogP contribution is 2.38. The summed E-state index contributed by atoms with van der Waals surface area (Å²) < 4.78 is 82.9. The van der Waals surface area contributed by atoms with E-state index in [0.29, 0.717) is 24.5 Å². The van der Waals surface area contributed by atoms with E-state index in [9.17, 15) is 26.3 Å². The van der Waals surface area contributed by atoms with Crippen molar-refractivity contribution in [2.75, 3.05) is 5.32 Å². The van der Waals surface area contributed by atoms with Gasteiger partial charge >= 0.3 is 12.5 Å². The van der Waals surface area contributed by atoms with Gasteiger partial charge in [-0.2, -0.15) is 13.2 Å². The lowest BCUT2D eigenvalue weighted by molar-refractivity contribution is -0.274. The molecular formula is C19H15F6N5O. The molecule has 0 atom stereocenters. The van der Waals surface area contributed by atoms with E-state index in [4.69, 9.17) is 0 Å². The zero-order chi connectivity index (χ0) is 22.2. The molecule has 31 heavy (non-hydrogen) atoms. The first-order valence-corrected chi connectivity index (χ1v) is 9.22. The van der Waals surface area contributed by atoms with Gasteiger partial charge in [0.15, 0.2) is 5.69 Å². The Balaban J connectivity index is 1.63. The lowest BCUT2D eigenvalue weighted by Gasteiger charge is -2.17. The maximum Gasteiger partial charge on any atom is 0.573 e. The number of nitrogens with zero attached hydrogens (tertiary/aromatic N) is 4. The Morgan fingerprint density at radius 1 is 0.935 bits per heavy atom. The molecule has 6 nitrogen and oxygen atoms in total. The number of fused-ring (bicyclic) bond motifs is 1. The Labute approximate surface area is 171 Å². The van der Waals surface area contributed by atoms with E-state index >= 15 is 0 Å². The first-order valence-electron chi connectivity index (χ1n) is 9.22. The van der Waals surface area contributed by atoms with Crippen LogP contribution in [0.2, 0.25) is 0 Å². The van der Waals surface area contributed by atoms with Crippen LogP contribution in [0, 0.1) is 0 Å². The van der Waals surface area contributed by atoms with Gasteiger partial charge < -0.3 is 14.6 Å². The second kappa shape index (κ2) is 7.75. The fourth-order valence-corrected chi connectivity index (χ4v) is 3.37. The Morgan fingerprint density at radius 3 is 2.35 bits per heavy atom. The Bertz CT molecular complexity index is 1070. The van der Waals surface area contributed by atoms with Crippen molar-refractivity contribution in [1.82, 2.24) is 19.5 Å². The molecule has 0 saturated heterocycles. The summed E-state index contributed by atoms with van der Waals surface area (Å²) in [6, 6.07) is 4.83. The molecule has 0 aliphatic carbocycles. The standard InChI is InChI=1S/C19H15F6N5O/c20-18(21,22)17-16(30-8-2-1-3-15(30)29-17)13-9-26-10-14(28-13)27-11-4-6-12(7-5-11)31-19(23,24)25/h4-7,9-10H,1-3,8H2,(H,27,28). The fourth-order valence-electron chi connectivity index (χ4n) is 3.37. The highest BCUT2D eigenvalue weighted by Gasteiger charge is 2.40. The van der Waals surface area contributed by atoms with Crippen molar-refractivity contribution in [1.29, 1.82) is 0 Å². The number of anilines is 2. The molecule has 3 aromatic rings. The van der Waals surface area contributed by atoms with Gasteiger partial charge in [-0.1, -0.05) is 0 Å². The van der Waals surface area contributed by atoms with Gasteiger partial charge in [0.2, 0.25) is 0 Å². The van der Waals surface area contributed by atoms with Gasteiger partial charge in [-0.15, -0.1) is 13.2 Å². The van der Waals surface area contributed by atoms with Crippen LogP contribution in [0.4, 0.5) is 37.8 Å². The summed E-state index contributed by atoms with van der Waals surface area (Å²) in [5, 5.41) is 2.81. The quantitative estimate of drug-likeness (QED) is 0.552. The summed E-state index contributed by atoms with van der Waals surface area (Å²) in [5.74, 6) is 0.0778. The van der Waals surface area contributed by atoms with Gasteiger partial charge in [-0.05, 0) is 37.1 Å². The molecule has 0 amide bonds. The normalized spacial score (nSPS) is 14.3. The molecule has 1 N–H and O–H groups in total. The number of rotatable bonds is 4. The summed E-state index contributed by atoms with van der Waals surface area (Å²) in [5.41, 5.74) is -0.806. The number of aromatic nitrogens is 4. The first-order chi connectivity index (χ1) is 14.6. The van der Waals surface area contributed by atoms with Crippen LogP contribution in [-0.4, -0.2) is 25.9 Å². The summed E-state index contributed by atoms with van der Waals surface area (Å²) in [6.07, 6.45) is -5.01. The minimum absolute atomic E-state index is 0.00463. The van der Waals surface area contributed by atoms with Gasteiger partial charge in [0.25, 0.3) is 0 Å². The molecule has 0 fully saturated rings. The molecule has 164 valence electrons. The van der Waals surface area contributed by atoms with E-state index in [1.165, 1.54) is 29.1 Å². The first kappa shape index (κ1) is 20.9. The van der Waals surface area contributed by atoms with Crippen LogP contribution >= 0.6 is 0 Å². The summed E-state index contributed by atoms with van der Waals surface area (Å²) in [4.78, 5) is 12.0. The number of nitrogens with one attached hydrogen (secondary N) is 1. The number of imidazole rings is 1. The fraction of sp³-hybridized carbons (Fsp3) is 0.316. The van der Waals surface area contributed by atoms with E-state index in [0.717, 1.165) is 25.0 Å². The average molecular weight is 443 g/mol. The van der Waals surface area contributed by atoms with Crippen LogP contribution < -0.4 is 10.1 Å². The van der Waals surface area contributed by atoms with E-state index < -0.39 is 24.0 Å². The molecule has 3 heterocycles. The minimum atomic E-state index is -4.81. The Kier molecular flexibility index (Phi) is 5.23. The zero-order valence-electron chi connectivity index (χ0n) is 15.8. The molecule has 0 spiro atoms. The van der Waals surface area contributed by atoms with Gasteiger partial charge in [0.05, 0.1) is 12.4 Å². The predicted molar refractivity (Wildman–Crippen MR) is 97.6 cm³/mol. The summed E-state index contributed by atoms with van der Waals surface area (Å²) in [6.45, 7) is 0.397. The number of hydrogen-bond donors (Lipinski definition) is 1. The van der Waals surface area contributed by atoms with E-state index in [2.05, 4.69) is 25.0 Å². The third-order valence-corrected chi connectivity index (χ3v) is 4.58. The Hall–Kier alpha value is -3.31. The third-order valence-electron chi connectivity index (χ3n) is 4.58. The van der Waals surface area contributed by atoms with Crippen molar-refractivity contribution in [3.05, 3.63) is 48.2 Å². The summed E-state index contributed by atoms with van der Waals surface area (Å²) in [7, 11) is 0.